The maximum absolute atomic E-state index is 13.8. The minimum Gasteiger partial charge on any atom is -0.507 e. The Morgan fingerprint density at radius 3 is 2.62 bits per heavy atom. The summed E-state index contributed by atoms with van der Waals surface area (Å²) in [4.78, 5) is 44.4. The van der Waals surface area contributed by atoms with Crippen LogP contribution in [0.4, 0.5) is 0 Å². The second-order valence-corrected chi connectivity index (χ2v) is 13.1. The van der Waals surface area contributed by atoms with Crippen LogP contribution in [0.15, 0.2) is 40.9 Å². The van der Waals surface area contributed by atoms with E-state index in [-0.39, 0.29) is 40.2 Å². The van der Waals surface area contributed by atoms with Crippen LogP contribution >= 0.6 is 0 Å². The molecule has 12 nitrogen and oxygen atoms in total. The van der Waals surface area contributed by atoms with E-state index in [9.17, 15) is 34.8 Å². The van der Waals surface area contributed by atoms with Gasteiger partial charge in [-0.05, 0) is 63.0 Å². The van der Waals surface area contributed by atoms with Crippen molar-refractivity contribution in [2.45, 2.75) is 87.5 Å². The molecule has 0 amide bonds. The average molecular weight is 617 g/mol. The summed E-state index contributed by atoms with van der Waals surface area (Å²) in [6, 6.07) is 5.76. The van der Waals surface area contributed by atoms with Gasteiger partial charge in [0, 0.05) is 35.6 Å². The summed E-state index contributed by atoms with van der Waals surface area (Å²) >= 11 is 0. The predicted octanol–water partition coefficient (Wildman–Crippen LogP) is 2.05. The van der Waals surface area contributed by atoms with E-state index >= 15 is 0 Å². The number of fused-ring (bicyclic) bond motifs is 8. The summed E-state index contributed by atoms with van der Waals surface area (Å²) in [7, 11) is 0. The normalized spacial score (nSPS) is 37.4. The Hall–Kier alpha value is -3.94. The van der Waals surface area contributed by atoms with Gasteiger partial charge in [0.15, 0.2) is 35.0 Å². The number of aromatic hydroxyl groups is 2. The van der Waals surface area contributed by atoms with Crippen molar-refractivity contribution in [2.24, 2.45) is 4.99 Å². The average Bonchev–Trinajstić information content (AvgIpc) is 3.62. The van der Waals surface area contributed by atoms with Crippen molar-refractivity contribution in [3.8, 4) is 11.5 Å². The molecule has 0 saturated carbocycles. The Bertz CT molecular complexity index is 1800. The molecule has 2 aromatic rings. The molecule has 0 aromatic heterocycles. The van der Waals surface area contributed by atoms with Crippen molar-refractivity contribution in [2.75, 3.05) is 6.54 Å². The molecule has 4 heterocycles. The Labute approximate surface area is 257 Å². The van der Waals surface area contributed by atoms with Gasteiger partial charge in [-0.2, -0.15) is 0 Å². The number of hydrogen-bond acceptors (Lipinski definition) is 12. The van der Waals surface area contributed by atoms with Gasteiger partial charge in [0.1, 0.15) is 23.4 Å². The number of carbonyl (C=O) groups excluding carboxylic acids is 3. The highest BCUT2D eigenvalue weighted by atomic mass is 16.7. The predicted molar refractivity (Wildman–Crippen MR) is 155 cm³/mol. The van der Waals surface area contributed by atoms with Crippen molar-refractivity contribution in [1.29, 1.82) is 0 Å². The van der Waals surface area contributed by atoms with E-state index in [1.807, 2.05) is 13.0 Å². The number of phenols is 2. The lowest BCUT2D eigenvalue weighted by Gasteiger charge is -2.46. The fraction of sp³-hybridized carbons (Fsp3) is 0.455. The largest absolute Gasteiger partial charge is 0.507 e. The van der Waals surface area contributed by atoms with E-state index in [0.717, 1.165) is 12.0 Å². The first-order chi connectivity index (χ1) is 21.3. The summed E-state index contributed by atoms with van der Waals surface area (Å²) < 4.78 is 19.3. The summed E-state index contributed by atoms with van der Waals surface area (Å²) in [6.07, 6.45) is -1.93. The number of aliphatic imine (C=N–C) groups is 1. The first-order valence-corrected chi connectivity index (χ1v) is 15.1. The maximum atomic E-state index is 13.8. The Morgan fingerprint density at radius 2 is 1.91 bits per heavy atom. The zero-order chi connectivity index (χ0) is 31.8. The molecule has 1 unspecified atom stereocenters. The maximum Gasteiger partial charge on any atom is 0.198 e. The van der Waals surface area contributed by atoms with Crippen molar-refractivity contribution in [3.05, 3.63) is 69.3 Å². The lowest BCUT2D eigenvalue weighted by molar-refractivity contribution is -0.301. The van der Waals surface area contributed by atoms with Crippen molar-refractivity contribution in [3.63, 3.8) is 0 Å². The molecule has 2 saturated heterocycles. The third-order valence-electron chi connectivity index (χ3n) is 10.5. The molecule has 234 valence electrons. The number of phenolic OH excluding ortho intramolecular Hbond substituents is 2. The number of aliphatic hydroxyl groups excluding tert-OH is 1. The third kappa shape index (κ3) is 3.59. The Morgan fingerprint density at radius 1 is 1.16 bits per heavy atom. The highest BCUT2D eigenvalue weighted by molar-refractivity contribution is 6.30. The molecule has 2 aliphatic carbocycles. The molecule has 2 fully saturated rings. The molecule has 2 bridgehead atoms. The van der Waals surface area contributed by atoms with Crippen molar-refractivity contribution >= 4 is 23.2 Å². The number of ketones is 3. The van der Waals surface area contributed by atoms with Gasteiger partial charge in [-0.3, -0.25) is 19.4 Å². The van der Waals surface area contributed by atoms with Gasteiger partial charge in [0.2, 0.25) is 0 Å². The highest BCUT2D eigenvalue weighted by Gasteiger charge is 2.65. The number of carbonyl (C=O) groups is 3. The monoisotopic (exact) mass is 616 g/mol. The van der Waals surface area contributed by atoms with E-state index in [2.05, 4.69) is 10.3 Å². The molecule has 6 aliphatic rings. The molecular weight excluding hydrogens is 584 g/mol. The van der Waals surface area contributed by atoms with E-state index in [0.29, 0.717) is 29.9 Å². The van der Waals surface area contributed by atoms with Gasteiger partial charge < -0.3 is 40.0 Å². The number of ether oxygens (including phenoxy) is 3. The van der Waals surface area contributed by atoms with Crippen molar-refractivity contribution in [1.82, 2.24) is 5.32 Å². The zero-order valence-corrected chi connectivity index (χ0v) is 24.8. The molecule has 8 atom stereocenters. The molecular formula is C33H32N2O10. The first-order valence-electron chi connectivity index (χ1n) is 15.1. The fourth-order valence-electron chi connectivity index (χ4n) is 8.28. The number of benzene rings is 2. The number of amidine groups is 1. The summed E-state index contributed by atoms with van der Waals surface area (Å²) in [5.74, 6) is -2.39. The van der Waals surface area contributed by atoms with Gasteiger partial charge in [-0.1, -0.05) is 12.1 Å². The molecule has 2 aromatic carbocycles. The summed E-state index contributed by atoms with van der Waals surface area (Å²) in [5, 5.41) is 47.7. The topological polar surface area (TPSA) is 184 Å². The number of Topliss-reactive ketones (excluding diaryl/α,β-unsaturated/α-hetero) is 1. The van der Waals surface area contributed by atoms with Crippen LogP contribution < -0.4 is 5.32 Å². The van der Waals surface area contributed by atoms with E-state index < -0.39 is 64.8 Å². The van der Waals surface area contributed by atoms with Crippen molar-refractivity contribution < 1.29 is 49.0 Å². The van der Waals surface area contributed by atoms with Crippen LogP contribution in [0, 0.1) is 0 Å². The van der Waals surface area contributed by atoms with E-state index in [1.165, 1.54) is 38.1 Å². The van der Waals surface area contributed by atoms with Crippen LogP contribution in [0.2, 0.25) is 0 Å². The van der Waals surface area contributed by atoms with Gasteiger partial charge in [0.05, 0.1) is 28.9 Å². The summed E-state index contributed by atoms with van der Waals surface area (Å²) in [5.41, 5.74) is -2.98. The minimum absolute atomic E-state index is 0.00452. The smallest absolute Gasteiger partial charge is 0.198 e. The van der Waals surface area contributed by atoms with E-state index in [4.69, 9.17) is 14.2 Å². The second kappa shape index (κ2) is 9.08. The van der Waals surface area contributed by atoms with Gasteiger partial charge in [-0.25, -0.2) is 0 Å². The van der Waals surface area contributed by atoms with E-state index in [1.54, 1.807) is 0 Å². The lowest BCUT2D eigenvalue weighted by Crippen LogP contribution is -2.62. The number of nitrogens with one attached hydrogen (secondary N) is 1. The van der Waals surface area contributed by atoms with Crippen LogP contribution in [0.1, 0.15) is 95.0 Å². The van der Waals surface area contributed by atoms with Gasteiger partial charge in [0.25, 0.3) is 0 Å². The second-order valence-electron chi connectivity index (χ2n) is 13.1. The SMILES string of the molecule is CC(=O)[C@]1(O)[C@H](O)C[C@H](O[C@@H]2c3cc4c(c(O)c3[C@@H]3C[C@@]2(C)OC32C=C3CCN=C3N2)C(=O)c2cccc(O)c2C4=O)O[C@H]1C. The number of rotatable bonds is 3. The fourth-order valence-corrected chi connectivity index (χ4v) is 8.28. The third-order valence-corrected chi connectivity index (χ3v) is 10.5. The van der Waals surface area contributed by atoms with Gasteiger partial charge >= 0.3 is 0 Å². The minimum atomic E-state index is -2.12. The van der Waals surface area contributed by atoms with Crippen LogP contribution in [0.25, 0.3) is 0 Å². The highest BCUT2D eigenvalue weighted by Crippen LogP contribution is 2.63. The molecule has 4 aliphatic heterocycles. The van der Waals surface area contributed by atoms with Crippen LogP contribution in [-0.2, 0) is 19.0 Å². The standard InChI is InChI=1S/C33H32N2O10/c1-13(36)33(42)14(2)43-22(10-21(33)38)44-29-18-9-17-25(26(39)16-5-4-6-20(37)24(16)27(17)40)28(41)23(18)19-12-31(29,3)45-32(19)11-15-7-8-34-30(15)35-32/h4-6,9,11,14,19,21-22,29,37-38,41-42H,7-8,10,12H2,1-3H3,(H,34,35)/t14-,19-,21+,22-,29+,31+,32?,33+/m0/s1. The molecule has 0 radical (unpaired) electrons. The number of nitrogens with zero attached hydrogens (tertiary/aromatic N) is 1. The quantitative estimate of drug-likeness (QED) is 0.290. The molecule has 12 heteroatoms. The summed E-state index contributed by atoms with van der Waals surface area (Å²) in [6.45, 7) is 5.13. The molecule has 5 N–H and O–H groups in total. The lowest BCUT2D eigenvalue weighted by atomic mass is 9.69. The molecule has 1 spiro atoms. The Balaban J connectivity index is 1.29. The number of hydrogen-bond donors (Lipinski definition) is 5. The zero-order valence-electron chi connectivity index (χ0n) is 24.8. The molecule has 45 heavy (non-hydrogen) atoms. The van der Waals surface area contributed by atoms with Crippen LogP contribution in [-0.4, -0.2) is 85.6 Å². The molecule has 8 rings (SSSR count). The number of aliphatic hydroxyl groups is 2. The van der Waals surface area contributed by atoms with Crippen LogP contribution in [0.3, 0.4) is 0 Å². The Kier molecular flexibility index (Phi) is 5.75. The van der Waals surface area contributed by atoms with Gasteiger partial charge in [-0.15, -0.1) is 0 Å². The van der Waals surface area contributed by atoms with Crippen LogP contribution in [0.5, 0.6) is 11.5 Å². The first kappa shape index (κ1) is 28.5.